The third-order valence-corrected chi connectivity index (χ3v) is 2.18. The van der Waals surface area contributed by atoms with Crippen LogP contribution in [0.5, 0.6) is 0 Å². The van der Waals surface area contributed by atoms with Crippen molar-refractivity contribution in [2.75, 3.05) is 20.2 Å². The highest BCUT2D eigenvalue weighted by Gasteiger charge is 2.17. The van der Waals surface area contributed by atoms with E-state index in [2.05, 4.69) is 0 Å². The highest BCUT2D eigenvalue weighted by molar-refractivity contribution is 5.94. The first-order chi connectivity index (χ1) is 7.56. The number of nitrogens with zero attached hydrogens (tertiary/aromatic N) is 2. The molecule has 0 saturated heterocycles. The third-order valence-electron chi connectivity index (χ3n) is 2.18. The Labute approximate surface area is 94.6 Å². The molecule has 0 fully saturated rings. The number of hydrogen-bond donors (Lipinski definition) is 0. The van der Waals surface area contributed by atoms with Crippen molar-refractivity contribution < 1.29 is 14.3 Å². The summed E-state index contributed by atoms with van der Waals surface area (Å²) in [6, 6.07) is 3.50. The van der Waals surface area contributed by atoms with E-state index in [0.717, 1.165) is 0 Å². The standard InChI is InChI=1S/C11H16N2O3/c1-4-16-10(14)8-13(3)11(15)9-6-5-7-12(9)2/h5-7H,4,8H2,1-3H3. The van der Waals surface area contributed by atoms with Gasteiger partial charge in [-0.25, -0.2) is 0 Å². The monoisotopic (exact) mass is 224 g/mol. The van der Waals surface area contributed by atoms with Crippen LogP contribution in [0.1, 0.15) is 17.4 Å². The SMILES string of the molecule is CCOC(=O)CN(C)C(=O)c1cccn1C. The van der Waals surface area contributed by atoms with E-state index in [1.54, 1.807) is 43.9 Å². The quantitative estimate of drug-likeness (QED) is 0.706. The molecular formula is C11H16N2O3. The van der Waals surface area contributed by atoms with Crippen LogP contribution in [0.25, 0.3) is 0 Å². The Morgan fingerprint density at radius 2 is 2.19 bits per heavy atom. The molecule has 1 aromatic rings. The first-order valence-electron chi connectivity index (χ1n) is 5.08. The number of carbonyl (C=O) groups is 2. The number of aromatic nitrogens is 1. The van der Waals surface area contributed by atoms with E-state index in [1.165, 1.54) is 4.90 Å². The minimum Gasteiger partial charge on any atom is -0.465 e. The first kappa shape index (κ1) is 12.3. The molecule has 0 spiro atoms. The molecule has 0 aliphatic carbocycles. The van der Waals surface area contributed by atoms with Gasteiger partial charge in [0.15, 0.2) is 0 Å². The van der Waals surface area contributed by atoms with Crippen LogP contribution in [0.2, 0.25) is 0 Å². The molecule has 1 heterocycles. The molecule has 5 nitrogen and oxygen atoms in total. The fourth-order valence-electron chi connectivity index (χ4n) is 1.35. The van der Waals surface area contributed by atoms with Gasteiger partial charge in [-0.2, -0.15) is 0 Å². The van der Waals surface area contributed by atoms with Gasteiger partial charge in [-0.15, -0.1) is 0 Å². The lowest BCUT2D eigenvalue weighted by Gasteiger charge is -2.16. The molecule has 5 heteroatoms. The topological polar surface area (TPSA) is 51.5 Å². The summed E-state index contributed by atoms with van der Waals surface area (Å²) in [5.41, 5.74) is 0.548. The molecule has 0 aromatic carbocycles. The molecule has 1 rings (SSSR count). The average Bonchev–Trinajstić information content (AvgIpc) is 2.63. The van der Waals surface area contributed by atoms with Crippen LogP contribution in [-0.4, -0.2) is 41.5 Å². The van der Waals surface area contributed by atoms with E-state index >= 15 is 0 Å². The average molecular weight is 224 g/mol. The molecule has 0 radical (unpaired) electrons. The smallest absolute Gasteiger partial charge is 0.325 e. The molecule has 0 aliphatic rings. The molecule has 0 unspecified atom stereocenters. The first-order valence-corrected chi connectivity index (χ1v) is 5.08. The molecule has 1 amide bonds. The van der Waals surface area contributed by atoms with Gasteiger partial charge < -0.3 is 14.2 Å². The number of ether oxygens (including phenoxy) is 1. The Balaban J connectivity index is 2.61. The molecule has 16 heavy (non-hydrogen) atoms. The number of esters is 1. The highest BCUT2D eigenvalue weighted by Crippen LogP contribution is 2.03. The van der Waals surface area contributed by atoms with Gasteiger partial charge in [-0.3, -0.25) is 9.59 Å². The van der Waals surface area contributed by atoms with Gasteiger partial charge in [0.05, 0.1) is 6.61 Å². The summed E-state index contributed by atoms with van der Waals surface area (Å²) in [5, 5.41) is 0. The van der Waals surface area contributed by atoms with Crippen LogP contribution in [0.4, 0.5) is 0 Å². The lowest BCUT2D eigenvalue weighted by atomic mass is 10.3. The molecule has 0 N–H and O–H groups in total. The number of amides is 1. The van der Waals surface area contributed by atoms with Gasteiger partial charge in [0.2, 0.25) is 0 Å². The zero-order chi connectivity index (χ0) is 12.1. The van der Waals surface area contributed by atoms with Crippen molar-refractivity contribution in [2.45, 2.75) is 6.92 Å². The second-order valence-corrected chi connectivity index (χ2v) is 3.47. The second kappa shape index (κ2) is 5.34. The van der Waals surface area contributed by atoms with Crippen molar-refractivity contribution in [1.29, 1.82) is 0 Å². The van der Waals surface area contributed by atoms with E-state index in [-0.39, 0.29) is 12.5 Å². The number of aryl methyl sites for hydroxylation is 1. The molecule has 0 bridgehead atoms. The number of rotatable bonds is 4. The van der Waals surface area contributed by atoms with E-state index in [9.17, 15) is 9.59 Å². The maximum Gasteiger partial charge on any atom is 0.325 e. The van der Waals surface area contributed by atoms with Gasteiger partial charge in [0, 0.05) is 20.3 Å². The summed E-state index contributed by atoms with van der Waals surface area (Å²) in [5.74, 6) is -0.590. The van der Waals surface area contributed by atoms with Crippen molar-refractivity contribution in [1.82, 2.24) is 9.47 Å². The van der Waals surface area contributed by atoms with Crippen molar-refractivity contribution in [2.24, 2.45) is 7.05 Å². The van der Waals surface area contributed by atoms with Gasteiger partial charge in [-0.1, -0.05) is 0 Å². The Morgan fingerprint density at radius 1 is 1.50 bits per heavy atom. The summed E-state index contributed by atoms with van der Waals surface area (Å²) in [4.78, 5) is 24.4. The maximum absolute atomic E-state index is 11.9. The van der Waals surface area contributed by atoms with Crippen LogP contribution < -0.4 is 0 Å². The molecular weight excluding hydrogens is 208 g/mol. The largest absolute Gasteiger partial charge is 0.465 e. The summed E-state index contributed by atoms with van der Waals surface area (Å²) in [6.45, 7) is 2.03. The Morgan fingerprint density at radius 3 is 2.69 bits per heavy atom. The van der Waals surface area contributed by atoms with Crippen LogP contribution in [-0.2, 0) is 16.6 Å². The van der Waals surface area contributed by atoms with Gasteiger partial charge in [0.1, 0.15) is 12.2 Å². The zero-order valence-corrected chi connectivity index (χ0v) is 9.77. The molecule has 88 valence electrons. The summed E-state index contributed by atoms with van der Waals surface area (Å²) >= 11 is 0. The molecule has 0 aliphatic heterocycles. The van der Waals surface area contributed by atoms with Crippen molar-refractivity contribution in [3.8, 4) is 0 Å². The summed E-state index contributed by atoms with van der Waals surface area (Å²) in [7, 11) is 3.36. The Bertz CT molecular complexity index is 384. The molecule has 0 saturated carbocycles. The van der Waals surface area contributed by atoms with Crippen molar-refractivity contribution in [3.05, 3.63) is 24.0 Å². The van der Waals surface area contributed by atoms with Crippen LogP contribution in [0.3, 0.4) is 0 Å². The van der Waals surface area contributed by atoms with E-state index in [0.29, 0.717) is 12.3 Å². The van der Waals surface area contributed by atoms with E-state index < -0.39 is 5.97 Å². The van der Waals surface area contributed by atoms with Gasteiger partial charge in [0.25, 0.3) is 5.91 Å². The lowest BCUT2D eigenvalue weighted by Crippen LogP contribution is -2.34. The number of likely N-dealkylation sites (N-methyl/N-ethyl adjacent to an activating group) is 1. The Hall–Kier alpha value is -1.78. The van der Waals surface area contributed by atoms with Crippen molar-refractivity contribution in [3.63, 3.8) is 0 Å². The minimum absolute atomic E-state index is 0.0299. The number of carbonyl (C=O) groups excluding carboxylic acids is 2. The van der Waals surface area contributed by atoms with Gasteiger partial charge >= 0.3 is 5.97 Å². The van der Waals surface area contributed by atoms with E-state index in [1.807, 2.05) is 0 Å². The number of hydrogen-bond acceptors (Lipinski definition) is 3. The second-order valence-electron chi connectivity index (χ2n) is 3.47. The van der Waals surface area contributed by atoms with Crippen LogP contribution in [0.15, 0.2) is 18.3 Å². The van der Waals surface area contributed by atoms with Crippen molar-refractivity contribution >= 4 is 11.9 Å². The third kappa shape index (κ3) is 2.85. The maximum atomic E-state index is 11.9. The normalized spacial score (nSPS) is 9.94. The highest BCUT2D eigenvalue weighted by atomic mass is 16.5. The van der Waals surface area contributed by atoms with Crippen LogP contribution >= 0.6 is 0 Å². The summed E-state index contributed by atoms with van der Waals surface area (Å²) in [6.07, 6.45) is 1.78. The summed E-state index contributed by atoms with van der Waals surface area (Å²) < 4.78 is 6.48. The fourth-order valence-corrected chi connectivity index (χ4v) is 1.35. The zero-order valence-electron chi connectivity index (χ0n) is 9.77. The minimum atomic E-state index is -0.396. The van der Waals surface area contributed by atoms with E-state index in [4.69, 9.17) is 4.74 Å². The molecule has 1 aromatic heterocycles. The Kier molecular flexibility index (Phi) is 4.10. The molecule has 0 atom stereocenters. The van der Waals surface area contributed by atoms with Gasteiger partial charge in [-0.05, 0) is 19.1 Å². The van der Waals surface area contributed by atoms with Crippen LogP contribution in [0, 0.1) is 0 Å². The lowest BCUT2D eigenvalue weighted by molar-refractivity contribution is -0.143. The predicted octanol–water partition coefficient (Wildman–Crippen LogP) is 0.660. The fraction of sp³-hybridized carbons (Fsp3) is 0.455. The predicted molar refractivity (Wildman–Crippen MR) is 59.0 cm³/mol.